The number of ether oxygens (including phenoxy) is 10. The van der Waals surface area contributed by atoms with Crippen molar-refractivity contribution in [2.75, 3.05) is 39.6 Å². The maximum Gasteiger partial charge on any atom is 0.335 e. The number of aliphatic hydroxyl groups excluding tert-OH is 14. The molecule has 428 valence electrons. The Morgan fingerprint density at radius 3 is 1.39 bits per heavy atom. The summed E-state index contributed by atoms with van der Waals surface area (Å²) in [6, 6.07) is 3.99. The number of aromatic carboxylic acids is 1. The van der Waals surface area contributed by atoms with E-state index >= 15 is 0 Å². The van der Waals surface area contributed by atoms with Crippen LogP contribution < -0.4 is 9.47 Å². The van der Waals surface area contributed by atoms with E-state index in [2.05, 4.69) is 20.6 Å². The molecule has 6 heterocycles. The van der Waals surface area contributed by atoms with Crippen molar-refractivity contribution in [1.82, 2.24) is 30.0 Å². The van der Waals surface area contributed by atoms with Gasteiger partial charge < -0.3 is 124 Å². The molecule has 0 radical (unpaired) electrons. The van der Waals surface area contributed by atoms with Crippen molar-refractivity contribution in [3.05, 3.63) is 47.5 Å². The van der Waals surface area contributed by atoms with Gasteiger partial charge in [0.25, 0.3) is 0 Å². The average molecular weight is 1100 g/mol. The highest BCUT2D eigenvalue weighted by Crippen LogP contribution is 2.33. The van der Waals surface area contributed by atoms with Gasteiger partial charge in [-0.3, -0.25) is 0 Å². The van der Waals surface area contributed by atoms with Gasteiger partial charge in [-0.05, 0) is 26.0 Å². The summed E-state index contributed by atoms with van der Waals surface area (Å²) in [5.41, 5.74) is -1.04. The van der Waals surface area contributed by atoms with Crippen molar-refractivity contribution in [3.8, 4) is 11.5 Å². The molecule has 0 bridgehead atoms. The molecule has 32 heteroatoms. The zero-order valence-corrected chi connectivity index (χ0v) is 40.9. The lowest BCUT2D eigenvalue weighted by Crippen LogP contribution is -2.65. The molecule has 1 aromatic carbocycles. The minimum atomic E-state index is -1.81. The Balaban J connectivity index is 0.858. The van der Waals surface area contributed by atoms with Gasteiger partial charge in [0.1, 0.15) is 140 Å². The second-order valence-electron chi connectivity index (χ2n) is 19.0. The Labute approximate surface area is 431 Å². The van der Waals surface area contributed by atoms with Crippen LogP contribution in [0.5, 0.6) is 11.5 Å². The number of hydrogen-bond donors (Lipinski definition) is 15. The van der Waals surface area contributed by atoms with Gasteiger partial charge in [0, 0.05) is 6.07 Å². The second kappa shape index (κ2) is 26.1. The maximum absolute atomic E-state index is 12.0. The quantitative estimate of drug-likeness (QED) is 0.0396. The van der Waals surface area contributed by atoms with Gasteiger partial charge in [0.15, 0.2) is 18.9 Å². The van der Waals surface area contributed by atoms with Crippen molar-refractivity contribution >= 4 is 5.97 Å². The molecule has 76 heavy (non-hydrogen) atoms. The van der Waals surface area contributed by atoms with E-state index in [1.54, 1.807) is 0 Å². The topological polar surface area (TPSA) is 474 Å². The van der Waals surface area contributed by atoms with Crippen LogP contribution in [0.4, 0.5) is 0 Å². The van der Waals surface area contributed by atoms with Gasteiger partial charge in [0.05, 0.1) is 76.3 Å². The molecule has 0 saturated carbocycles. The molecule has 0 spiro atoms. The first-order chi connectivity index (χ1) is 36.1. The molecule has 0 aliphatic carbocycles. The summed E-state index contributed by atoms with van der Waals surface area (Å²) >= 11 is 0. The molecule has 3 aromatic rings. The lowest BCUT2D eigenvalue weighted by atomic mass is 9.86. The van der Waals surface area contributed by atoms with Gasteiger partial charge in [0.2, 0.25) is 0 Å². The fourth-order valence-corrected chi connectivity index (χ4v) is 8.56. The molecule has 2 aromatic heterocycles. The van der Waals surface area contributed by atoms with Crippen molar-refractivity contribution in [1.29, 1.82) is 0 Å². The summed E-state index contributed by atoms with van der Waals surface area (Å²) in [5.74, 6) is -1.04. The second-order valence-corrected chi connectivity index (χ2v) is 19.0. The van der Waals surface area contributed by atoms with Gasteiger partial charge in [-0.15, -0.1) is 10.2 Å². The molecule has 4 saturated heterocycles. The smallest absolute Gasteiger partial charge is 0.335 e. The first-order valence-electron chi connectivity index (χ1n) is 24.0. The number of aromatic nitrogens is 6. The molecule has 0 unspecified atom stereocenters. The monoisotopic (exact) mass is 1090 g/mol. The van der Waals surface area contributed by atoms with E-state index in [4.69, 9.17) is 47.4 Å². The number of benzene rings is 1. The number of rotatable bonds is 24. The van der Waals surface area contributed by atoms with Gasteiger partial charge in [-0.2, -0.15) is 0 Å². The minimum absolute atomic E-state index is 0.0289. The van der Waals surface area contributed by atoms with Crippen LogP contribution in [0.15, 0.2) is 30.6 Å². The molecule has 4 fully saturated rings. The molecular formula is C44H66N6O26. The summed E-state index contributed by atoms with van der Waals surface area (Å²) in [6.07, 6.45) is -28.3. The van der Waals surface area contributed by atoms with E-state index in [1.807, 2.05) is 0 Å². The predicted molar refractivity (Wildman–Crippen MR) is 241 cm³/mol. The number of carboxylic acids is 1. The van der Waals surface area contributed by atoms with E-state index in [0.29, 0.717) is 11.4 Å². The van der Waals surface area contributed by atoms with Crippen molar-refractivity contribution in [2.45, 2.75) is 168 Å². The van der Waals surface area contributed by atoms with Crippen LogP contribution in [-0.4, -0.2) is 280 Å². The third-order valence-corrected chi connectivity index (χ3v) is 13.1. The van der Waals surface area contributed by atoms with Gasteiger partial charge >= 0.3 is 5.97 Å². The van der Waals surface area contributed by atoms with E-state index in [0.717, 1.165) is 0 Å². The molecular weight excluding hydrogens is 1030 g/mol. The molecule has 20 atom stereocenters. The van der Waals surface area contributed by atoms with Gasteiger partial charge in [-0.1, -0.05) is 10.4 Å². The normalized spacial score (nSPS) is 36.3. The van der Waals surface area contributed by atoms with E-state index < -0.39 is 161 Å². The Morgan fingerprint density at radius 2 is 0.947 bits per heavy atom. The largest absolute Gasteiger partial charge is 0.487 e. The number of aliphatic hydroxyl groups is 14. The Bertz CT molecular complexity index is 2290. The van der Waals surface area contributed by atoms with Crippen LogP contribution >= 0.6 is 0 Å². The highest BCUT2D eigenvalue weighted by Gasteiger charge is 2.53. The van der Waals surface area contributed by atoms with Crippen LogP contribution in [0.25, 0.3) is 0 Å². The number of hydrogen-bond acceptors (Lipinski definition) is 29. The molecule has 0 amide bonds. The molecule has 32 nitrogen and oxygen atoms in total. The van der Waals surface area contributed by atoms with E-state index in [9.17, 15) is 81.4 Å². The highest BCUT2D eigenvalue weighted by atomic mass is 16.7. The standard InChI is InChI=1S/C44H66N6O26/c1-44(2,39-35(61)31(57)29(55)25(73-39)16-71-43-38(64)33(59)28(54)24(13-52)75-43)72-17-26-30(56)34(60)37(63)42(76-26)68-6-4-50-11-20(46-48-50)15-70-22-8-18(40(65)66)7-21(9-22)69-14-19-10-49(47-45-19)3-5-67-41-36(62)32(58)27(53)23(12-51)74-41/h7-11,23-39,41-43,51-64H,3-6,12-17H2,1-2H3,(H,65,66)/t23-,24-,25-,26-,27-,28-,29-,30-,31+,32+,33+,34+,35-,36-,37-,38-,39-,41-,42-,43-/m1/s1. The Kier molecular flexibility index (Phi) is 20.4. The third-order valence-electron chi connectivity index (χ3n) is 13.1. The first kappa shape index (κ1) is 59.4. The van der Waals surface area contributed by atoms with Crippen molar-refractivity contribution in [3.63, 3.8) is 0 Å². The number of carboxylic acid groups (broad SMARTS) is 1. The van der Waals surface area contributed by atoms with Crippen LogP contribution in [0, 0.1) is 0 Å². The lowest BCUT2D eigenvalue weighted by Gasteiger charge is -2.48. The van der Waals surface area contributed by atoms with Gasteiger partial charge in [-0.25, -0.2) is 14.2 Å². The van der Waals surface area contributed by atoms with E-state index in [-0.39, 0.29) is 56.6 Å². The fraction of sp³-hybridized carbons (Fsp3) is 0.750. The highest BCUT2D eigenvalue weighted by molar-refractivity contribution is 5.88. The summed E-state index contributed by atoms with van der Waals surface area (Å²) in [5, 5.41) is 170. The lowest BCUT2D eigenvalue weighted by molar-refractivity contribution is -0.326. The van der Waals surface area contributed by atoms with Crippen LogP contribution in [0.2, 0.25) is 0 Å². The Hall–Kier alpha value is -4.31. The molecule has 15 N–H and O–H groups in total. The Morgan fingerprint density at radius 1 is 0.539 bits per heavy atom. The zero-order valence-electron chi connectivity index (χ0n) is 40.9. The van der Waals surface area contributed by atoms with Crippen LogP contribution in [0.1, 0.15) is 35.6 Å². The van der Waals surface area contributed by atoms with Crippen LogP contribution in [-0.2, 0) is 64.2 Å². The summed E-state index contributed by atoms with van der Waals surface area (Å²) in [7, 11) is 0. The van der Waals surface area contributed by atoms with Crippen molar-refractivity contribution < 1.29 is 129 Å². The first-order valence-corrected chi connectivity index (χ1v) is 24.0. The molecule has 4 aliphatic rings. The SMILES string of the molecule is CC(C)(OC[C@H]1O[C@@H](OCCn2cc(COc3cc(OCc4cn(CCO[C@@H]5O[C@H](CO)[C@@H](O)[C@H](O)[C@H]5O)nn4)cc(C(=O)O)c3)nn2)[C@H](O)[C@@H](O)[C@@H]1O)[C@@H]1O[C@H](CO[C@@H]2O[C@H](CO)[C@@H](O)[C@H](O)[C@H]2O)[C@@H](O)[C@H](O)[C@H]1O. The molecule has 7 rings (SSSR count). The van der Waals surface area contributed by atoms with E-state index in [1.165, 1.54) is 53.8 Å². The predicted octanol–water partition coefficient (Wildman–Crippen LogP) is -8.17. The maximum atomic E-state index is 12.0. The fourth-order valence-electron chi connectivity index (χ4n) is 8.56. The molecule has 4 aliphatic heterocycles. The average Bonchev–Trinajstić information content (AvgIpc) is 4.07. The summed E-state index contributed by atoms with van der Waals surface area (Å²) in [4.78, 5) is 12.0. The van der Waals surface area contributed by atoms with Crippen molar-refractivity contribution in [2.24, 2.45) is 0 Å². The summed E-state index contributed by atoms with van der Waals surface area (Å²) in [6.45, 7) is 0.0890. The third kappa shape index (κ3) is 14.1. The zero-order chi connectivity index (χ0) is 55.2. The number of nitrogens with zero attached hydrogens (tertiary/aromatic N) is 6. The number of carbonyl (C=O) groups is 1. The summed E-state index contributed by atoms with van der Waals surface area (Å²) < 4.78 is 59.4. The minimum Gasteiger partial charge on any atom is -0.487 e. The van der Waals surface area contributed by atoms with Crippen LogP contribution in [0.3, 0.4) is 0 Å².